The number of carboxylic acid groups (broad SMARTS) is 1. The molecule has 0 amide bonds. The van der Waals surface area contributed by atoms with Crippen molar-refractivity contribution in [3.05, 3.63) is 47.8 Å². The highest BCUT2D eigenvalue weighted by Crippen LogP contribution is 2.42. The molecular weight excluding hydrogens is 706 g/mol. The van der Waals surface area contributed by atoms with Gasteiger partial charge in [-0.1, -0.05) is 12.8 Å². The van der Waals surface area contributed by atoms with E-state index < -0.39 is 29.4 Å². The summed E-state index contributed by atoms with van der Waals surface area (Å²) in [5.41, 5.74) is -2.15. The van der Waals surface area contributed by atoms with Crippen LogP contribution in [0.25, 0.3) is 33.9 Å². The number of aliphatic carboxylic acids is 1. The van der Waals surface area contributed by atoms with E-state index in [0.717, 1.165) is 25.7 Å². The Morgan fingerprint density at radius 2 is 1.60 bits per heavy atom. The number of carboxylic acids is 1. The third-order valence-electron chi connectivity index (χ3n) is 10.3. The van der Waals surface area contributed by atoms with Gasteiger partial charge in [-0.3, -0.25) is 9.69 Å². The lowest BCUT2D eigenvalue weighted by Gasteiger charge is -2.44. The van der Waals surface area contributed by atoms with Gasteiger partial charge in [0, 0.05) is 63.4 Å². The number of rotatable bonds is 11. The van der Waals surface area contributed by atoms with E-state index in [0.29, 0.717) is 67.6 Å². The normalized spacial score (nSPS) is 19.6. The average Bonchev–Trinajstić information content (AvgIpc) is 3.74. The third-order valence-corrected chi connectivity index (χ3v) is 10.3. The Hall–Kier alpha value is -4.51. The SMILES string of the molecule is COCC1(CN(C)c2cc(-c3cc(C(F)(F)F)cc(C(F)(F)F)c3)nc3nc(-c4cnc(N5C[C@@H](C)N(CCC(=O)O)[C@@H](C)C5)cn4)[nH]c23)CCCC1. The summed E-state index contributed by atoms with van der Waals surface area (Å²) in [7, 11) is 3.45. The number of ether oxygens (including phenoxy) is 1. The highest BCUT2D eigenvalue weighted by molar-refractivity contribution is 5.91. The number of halogens is 6. The van der Waals surface area contributed by atoms with Crippen molar-refractivity contribution in [3.8, 4) is 22.8 Å². The summed E-state index contributed by atoms with van der Waals surface area (Å²) in [4.78, 5) is 38.9. The maximum Gasteiger partial charge on any atom is 0.416 e. The molecule has 2 aliphatic rings. The molecule has 0 radical (unpaired) electrons. The number of fused-ring (bicyclic) bond motifs is 1. The Labute approximate surface area is 302 Å². The molecule has 11 nitrogen and oxygen atoms in total. The van der Waals surface area contributed by atoms with Crippen LogP contribution in [0, 0.1) is 5.41 Å². The molecule has 0 unspecified atom stereocenters. The minimum atomic E-state index is -5.02. The number of piperazine rings is 1. The smallest absolute Gasteiger partial charge is 0.416 e. The number of pyridine rings is 1. The zero-order chi connectivity index (χ0) is 38.3. The first kappa shape index (κ1) is 38.2. The standard InChI is InChI=1S/C36H42F6N8O3/c1-21-17-49(18-22(2)50(21)10-7-30(51)52)29-16-43-27(15-44-29)32-46-31-28(48(3)19-34(20-53-4)8-5-6-9-34)14-26(45-33(31)47-32)23-11-24(35(37,38)39)13-25(12-23)36(40,41)42/h11-16,21-22H,5-10,17-20H2,1-4H3,(H,51,52)(H,45,46,47)/t21-,22+. The number of alkyl halides is 6. The van der Waals surface area contributed by atoms with Gasteiger partial charge < -0.3 is 24.6 Å². The molecule has 2 fully saturated rings. The van der Waals surface area contributed by atoms with E-state index in [1.54, 1.807) is 13.3 Å². The predicted molar refractivity (Wildman–Crippen MR) is 186 cm³/mol. The fourth-order valence-electron chi connectivity index (χ4n) is 7.83. The van der Waals surface area contributed by atoms with Gasteiger partial charge >= 0.3 is 18.3 Å². The van der Waals surface area contributed by atoms with E-state index in [-0.39, 0.29) is 52.7 Å². The largest absolute Gasteiger partial charge is 0.481 e. The number of nitrogens with one attached hydrogen (secondary N) is 1. The summed E-state index contributed by atoms with van der Waals surface area (Å²) in [6.07, 6.45) is -3.02. The molecule has 3 aromatic heterocycles. The number of aromatic nitrogens is 5. The molecule has 2 N–H and O–H groups in total. The van der Waals surface area contributed by atoms with Gasteiger partial charge in [-0.05, 0) is 51.0 Å². The van der Waals surface area contributed by atoms with Crippen molar-refractivity contribution in [1.82, 2.24) is 29.8 Å². The molecule has 2 atom stereocenters. The Bertz CT molecular complexity index is 1880. The third kappa shape index (κ3) is 8.35. The molecule has 0 spiro atoms. The number of hydrogen-bond acceptors (Lipinski definition) is 9. The first-order chi connectivity index (χ1) is 25.0. The molecule has 0 bridgehead atoms. The number of anilines is 2. The number of carbonyl (C=O) groups is 1. The quantitative estimate of drug-likeness (QED) is 0.153. The average molecular weight is 749 g/mol. The molecule has 4 aromatic rings. The molecule has 1 aromatic carbocycles. The summed E-state index contributed by atoms with van der Waals surface area (Å²) in [5.74, 6) is 0.0394. The van der Waals surface area contributed by atoms with Crippen LogP contribution in [0.2, 0.25) is 0 Å². The van der Waals surface area contributed by atoms with Crippen LogP contribution in [-0.4, -0.2) is 99.9 Å². The lowest BCUT2D eigenvalue weighted by molar-refractivity contribution is -0.143. The second-order valence-corrected chi connectivity index (χ2v) is 14.3. The Morgan fingerprint density at radius 3 is 2.15 bits per heavy atom. The van der Waals surface area contributed by atoms with Gasteiger partial charge in [0.25, 0.3) is 0 Å². The highest BCUT2D eigenvalue weighted by Gasteiger charge is 2.38. The molecule has 4 heterocycles. The van der Waals surface area contributed by atoms with E-state index >= 15 is 0 Å². The van der Waals surface area contributed by atoms with Crippen LogP contribution in [-0.2, 0) is 21.9 Å². The van der Waals surface area contributed by atoms with Gasteiger partial charge in [-0.15, -0.1) is 0 Å². The van der Waals surface area contributed by atoms with Gasteiger partial charge in [-0.2, -0.15) is 26.3 Å². The van der Waals surface area contributed by atoms with Crippen LogP contribution in [0.4, 0.5) is 37.8 Å². The number of imidazole rings is 1. The van der Waals surface area contributed by atoms with Crippen LogP contribution in [0.1, 0.15) is 57.1 Å². The number of benzene rings is 1. The minimum absolute atomic E-state index is 0.0527. The number of hydrogen-bond donors (Lipinski definition) is 2. The first-order valence-corrected chi connectivity index (χ1v) is 17.4. The number of H-pyrrole nitrogens is 1. The molecule has 1 aliphatic carbocycles. The van der Waals surface area contributed by atoms with E-state index in [4.69, 9.17) is 9.84 Å². The Morgan fingerprint density at radius 1 is 0.962 bits per heavy atom. The van der Waals surface area contributed by atoms with E-state index in [1.165, 1.54) is 12.3 Å². The monoisotopic (exact) mass is 748 g/mol. The van der Waals surface area contributed by atoms with E-state index in [1.807, 2.05) is 25.8 Å². The zero-order valence-corrected chi connectivity index (χ0v) is 29.9. The molecule has 1 aliphatic heterocycles. The molecule has 17 heteroatoms. The minimum Gasteiger partial charge on any atom is -0.481 e. The summed E-state index contributed by atoms with van der Waals surface area (Å²) in [6.45, 7) is 6.74. The van der Waals surface area contributed by atoms with Crippen LogP contribution in [0.3, 0.4) is 0 Å². The van der Waals surface area contributed by atoms with Crippen molar-refractivity contribution in [2.24, 2.45) is 5.41 Å². The van der Waals surface area contributed by atoms with Crippen molar-refractivity contribution in [2.45, 2.75) is 70.4 Å². The fraction of sp³-hybridized carbons (Fsp3) is 0.528. The first-order valence-electron chi connectivity index (χ1n) is 17.4. The molecule has 286 valence electrons. The fourth-order valence-corrected chi connectivity index (χ4v) is 7.83. The van der Waals surface area contributed by atoms with Gasteiger partial charge in [0.2, 0.25) is 0 Å². The van der Waals surface area contributed by atoms with E-state index in [9.17, 15) is 31.1 Å². The van der Waals surface area contributed by atoms with Crippen molar-refractivity contribution < 1.29 is 41.0 Å². The Kier molecular flexibility index (Phi) is 10.6. The van der Waals surface area contributed by atoms with Gasteiger partial charge in [0.05, 0.1) is 47.9 Å². The van der Waals surface area contributed by atoms with E-state index in [2.05, 4.69) is 34.7 Å². The number of nitrogens with zero attached hydrogens (tertiary/aromatic N) is 7. The maximum atomic E-state index is 13.8. The molecular formula is C36H42F6N8O3. The van der Waals surface area contributed by atoms with Crippen molar-refractivity contribution in [2.75, 3.05) is 56.7 Å². The zero-order valence-electron chi connectivity index (χ0n) is 29.9. The highest BCUT2D eigenvalue weighted by atomic mass is 19.4. The van der Waals surface area contributed by atoms with Crippen LogP contribution in [0.15, 0.2) is 36.7 Å². The lowest BCUT2D eigenvalue weighted by Crippen LogP contribution is -2.57. The summed E-state index contributed by atoms with van der Waals surface area (Å²) < 4.78 is 88.6. The van der Waals surface area contributed by atoms with Crippen LogP contribution < -0.4 is 9.80 Å². The van der Waals surface area contributed by atoms with Crippen molar-refractivity contribution >= 4 is 28.6 Å². The van der Waals surface area contributed by atoms with Crippen molar-refractivity contribution in [3.63, 3.8) is 0 Å². The van der Waals surface area contributed by atoms with Gasteiger partial charge in [-0.25, -0.2) is 19.9 Å². The Balaban J connectivity index is 1.38. The second-order valence-electron chi connectivity index (χ2n) is 14.3. The van der Waals surface area contributed by atoms with Gasteiger partial charge in [0.1, 0.15) is 17.0 Å². The number of methoxy groups -OCH3 is 1. The lowest BCUT2D eigenvalue weighted by atomic mass is 9.86. The maximum absolute atomic E-state index is 13.8. The summed E-state index contributed by atoms with van der Waals surface area (Å²) in [6, 6.07) is 3.07. The van der Waals surface area contributed by atoms with Gasteiger partial charge in [0.15, 0.2) is 11.5 Å². The summed E-state index contributed by atoms with van der Waals surface area (Å²) >= 11 is 0. The van der Waals surface area contributed by atoms with Crippen LogP contribution in [0.5, 0.6) is 0 Å². The predicted octanol–water partition coefficient (Wildman–Crippen LogP) is 7.14. The molecule has 1 saturated heterocycles. The van der Waals surface area contributed by atoms with Crippen LogP contribution >= 0.6 is 0 Å². The topological polar surface area (TPSA) is 124 Å². The molecule has 53 heavy (non-hydrogen) atoms. The molecule has 1 saturated carbocycles. The number of aromatic amines is 1. The second kappa shape index (κ2) is 14.7. The van der Waals surface area contributed by atoms with Crippen molar-refractivity contribution in [1.29, 1.82) is 0 Å². The molecule has 6 rings (SSSR count). The summed E-state index contributed by atoms with van der Waals surface area (Å²) in [5, 5.41) is 9.13.